The van der Waals surface area contributed by atoms with Gasteiger partial charge in [0, 0.05) is 38.2 Å². The van der Waals surface area contributed by atoms with E-state index >= 15 is 0 Å². The number of nitrogens with zero attached hydrogens (tertiary/aromatic N) is 3. The molecule has 11 nitrogen and oxygen atoms in total. The molecule has 1 aromatic carbocycles. The zero-order valence-electron chi connectivity index (χ0n) is 20.7. The summed E-state index contributed by atoms with van der Waals surface area (Å²) in [6.07, 6.45) is 0.695. The molecule has 0 radical (unpaired) electrons. The number of likely N-dealkylation sites (tertiary alicyclic amines) is 1. The molecule has 0 aliphatic carbocycles. The number of amides is 2. The quantitative estimate of drug-likeness (QED) is 0.197. The molecule has 3 heterocycles. The Bertz CT molecular complexity index is 1140. The number of carbonyl (C=O) groups is 4. The second-order valence-electron chi connectivity index (χ2n) is 9.95. The first-order valence-corrected chi connectivity index (χ1v) is 12.1. The third kappa shape index (κ3) is 4.39. The lowest BCUT2D eigenvalue weighted by atomic mass is 9.74. The maximum atomic E-state index is 13.3. The number of esters is 2. The van der Waals surface area contributed by atoms with Crippen LogP contribution in [0.3, 0.4) is 0 Å². The molecule has 3 aliphatic heterocycles. The number of ether oxygens (including phenoxy) is 1. The van der Waals surface area contributed by atoms with Crippen LogP contribution in [0.5, 0.6) is 0 Å². The van der Waals surface area contributed by atoms with Gasteiger partial charge < -0.3 is 15.0 Å². The Hall–Kier alpha value is -3.60. The van der Waals surface area contributed by atoms with Gasteiger partial charge in [0.25, 0.3) is 5.69 Å². The Morgan fingerprint density at radius 2 is 1.86 bits per heavy atom. The van der Waals surface area contributed by atoms with Gasteiger partial charge in [-0.3, -0.25) is 24.6 Å². The summed E-state index contributed by atoms with van der Waals surface area (Å²) in [6, 6.07) is 4.55. The molecule has 4 atom stereocenters. The van der Waals surface area contributed by atoms with Crippen LogP contribution in [0.4, 0.5) is 5.69 Å². The van der Waals surface area contributed by atoms with Crippen LogP contribution in [0.15, 0.2) is 35.5 Å². The van der Waals surface area contributed by atoms with Gasteiger partial charge in [0.15, 0.2) is 0 Å². The highest BCUT2D eigenvalue weighted by Crippen LogP contribution is 2.49. The highest BCUT2D eigenvalue weighted by atomic mass is 16.6. The molecule has 0 aromatic heterocycles. The number of nitro benzene ring substituents is 1. The van der Waals surface area contributed by atoms with E-state index < -0.39 is 16.9 Å². The minimum atomic E-state index is -0.952. The highest BCUT2D eigenvalue weighted by molar-refractivity contribution is 6.06. The van der Waals surface area contributed by atoms with Gasteiger partial charge in [0.1, 0.15) is 5.70 Å². The molecule has 0 bridgehead atoms. The fourth-order valence-electron chi connectivity index (χ4n) is 5.58. The number of β-lactam (4-membered cyclic amide) rings is 1. The molecule has 3 aliphatic rings. The number of nitrogens with one attached hydrogen (secondary N) is 1. The van der Waals surface area contributed by atoms with Gasteiger partial charge in [-0.2, -0.15) is 0 Å². The maximum absolute atomic E-state index is 13.3. The zero-order chi connectivity index (χ0) is 26.3. The van der Waals surface area contributed by atoms with Gasteiger partial charge in [-0.1, -0.05) is 20.8 Å². The SMILES string of the molecule is CNC(=O)[C@H]1CCN(CC2=C(C(=O)OC(=O)c3ccc([N+](=O)[O-])cc3)N3C(=O)[C@H](C(C)C)[C@H]3[C@H]2C)C1. The van der Waals surface area contributed by atoms with Crippen molar-refractivity contribution in [2.75, 3.05) is 26.7 Å². The Morgan fingerprint density at radius 1 is 1.19 bits per heavy atom. The lowest BCUT2D eigenvalue weighted by Crippen LogP contribution is -2.62. The van der Waals surface area contributed by atoms with Crippen molar-refractivity contribution in [3.05, 3.63) is 51.2 Å². The maximum Gasteiger partial charge on any atom is 0.362 e. The molecule has 192 valence electrons. The molecule has 11 heteroatoms. The largest absolute Gasteiger partial charge is 0.385 e. The third-order valence-electron chi connectivity index (χ3n) is 7.49. The number of rotatable bonds is 7. The predicted molar refractivity (Wildman–Crippen MR) is 127 cm³/mol. The number of nitro groups is 1. The van der Waals surface area contributed by atoms with Crippen LogP contribution >= 0.6 is 0 Å². The van der Waals surface area contributed by atoms with Crippen molar-refractivity contribution in [2.24, 2.45) is 23.7 Å². The van der Waals surface area contributed by atoms with Crippen LogP contribution < -0.4 is 5.32 Å². The van der Waals surface area contributed by atoms with E-state index in [2.05, 4.69) is 10.2 Å². The summed E-state index contributed by atoms with van der Waals surface area (Å²) in [5.74, 6) is -2.48. The van der Waals surface area contributed by atoms with E-state index in [4.69, 9.17) is 4.74 Å². The first-order chi connectivity index (χ1) is 17.0. The fourth-order valence-corrected chi connectivity index (χ4v) is 5.58. The van der Waals surface area contributed by atoms with Crippen molar-refractivity contribution < 1.29 is 28.8 Å². The number of carbonyl (C=O) groups excluding carboxylic acids is 4. The van der Waals surface area contributed by atoms with Crippen molar-refractivity contribution in [2.45, 2.75) is 33.2 Å². The summed E-state index contributed by atoms with van der Waals surface area (Å²) < 4.78 is 5.16. The van der Waals surface area contributed by atoms with E-state index in [-0.39, 0.29) is 58.5 Å². The Kier molecular flexibility index (Phi) is 6.94. The van der Waals surface area contributed by atoms with Crippen LogP contribution in [-0.4, -0.2) is 71.2 Å². The molecular weight excluding hydrogens is 468 g/mol. The molecule has 0 spiro atoms. The highest BCUT2D eigenvalue weighted by Gasteiger charge is 2.59. The standard InChI is InChI=1S/C25H30N4O7/c1-13(2)19-20-14(3)18(12-27-10-9-16(11-27)22(30)26-4)21(28(20)23(19)31)25(33)36-24(32)15-5-7-17(8-6-15)29(34)35/h5-8,13-14,16,19-20H,9-12H2,1-4H3,(H,26,30)/t14-,16-,19+,20+/m0/s1. The molecule has 2 fully saturated rings. The Labute approximate surface area is 208 Å². The molecule has 0 saturated carbocycles. The van der Waals surface area contributed by atoms with E-state index in [1.165, 1.54) is 17.0 Å². The average Bonchev–Trinajstić information content (AvgIpc) is 3.40. The summed E-state index contributed by atoms with van der Waals surface area (Å²) in [5, 5.41) is 13.5. The first kappa shape index (κ1) is 25.5. The monoisotopic (exact) mass is 498 g/mol. The van der Waals surface area contributed by atoms with E-state index in [9.17, 15) is 29.3 Å². The number of fused-ring (bicyclic) bond motifs is 1. The fraction of sp³-hybridized carbons (Fsp3) is 0.520. The second kappa shape index (κ2) is 9.81. The predicted octanol–water partition coefficient (Wildman–Crippen LogP) is 1.73. The van der Waals surface area contributed by atoms with Gasteiger partial charge >= 0.3 is 11.9 Å². The van der Waals surface area contributed by atoms with Gasteiger partial charge in [0.2, 0.25) is 11.8 Å². The summed E-state index contributed by atoms with van der Waals surface area (Å²) in [5.41, 5.74) is 0.604. The number of hydrogen-bond acceptors (Lipinski definition) is 8. The van der Waals surface area contributed by atoms with E-state index in [0.29, 0.717) is 26.1 Å². The second-order valence-corrected chi connectivity index (χ2v) is 9.95. The van der Waals surface area contributed by atoms with E-state index in [0.717, 1.165) is 17.7 Å². The summed E-state index contributed by atoms with van der Waals surface area (Å²) in [4.78, 5) is 64.8. The van der Waals surface area contributed by atoms with Crippen molar-refractivity contribution >= 4 is 29.4 Å². The van der Waals surface area contributed by atoms with Crippen LogP contribution in [0.25, 0.3) is 0 Å². The van der Waals surface area contributed by atoms with Gasteiger partial charge in [-0.25, -0.2) is 9.59 Å². The summed E-state index contributed by atoms with van der Waals surface area (Å²) in [7, 11) is 1.60. The van der Waals surface area contributed by atoms with E-state index in [1.807, 2.05) is 20.8 Å². The lowest BCUT2D eigenvalue weighted by Gasteiger charge is -2.47. The topological polar surface area (TPSA) is 139 Å². The third-order valence-corrected chi connectivity index (χ3v) is 7.49. The van der Waals surface area contributed by atoms with Gasteiger partial charge in [-0.05, 0) is 36.6 Å². The minimum absolute atomic E-state index is 0.0124. The van der Waals surface area contributed by atoms with Crippen LogP contribution in [0.1, 0.15) is 37.6 Å². The number of non-ortho nitro benzene ring substituents is 1. The van der Waals surface area contributed by atoms with Crippen molar-refractivity contribution in [1.82, 2.24) is 15.1 Å². The molecule has 1 aromatic rings. The minimum Gasteiger partial charge on any atom is -0.385 e. The van der Waals surface area contributed by atoms with Crippen molar-refractivity contribution in [3.63, 3.8) is 0 Å². The average molecular weight is 499 g/mol. The normalized spacial score (nSPS) is 25.6. The van der Waals surface area contributed by atoms with Crippen molar-refractivity contribution in [3.8, 4) is 0 Å². The van der Waals surface area contributed by atoms with Crippen LogP contribution in [-0.2, 0) is 19.1 Å². The Balaban J connectivity index is 1.58. The van der Waals surface area contributed by atoms with Gasteiger partial charge in [0.05, 0.1) is 28.4 Å². The lowest BCUT2D eigenvalue weighted by molar-refractivity contribution is -0.384. The molecule has 1 N–H and O–H groups in total. The molecule has 2 amide bonds. The van der Waals surface area contributed by atoms with E-state index in [1.54, 1.807) is 7.05 Å². The molecule has 0 unspecified atom stereocenters. The van der Waals surface area contributed by atoms with Gasteiger partial charge in [-0.15, -0.1) is 0 Å². The number of hydrogen-bond donors (Lipinski definition) is 1. The summed E-state index contributed by atoms with van der Waals surface area (Å²) >= 11 is 0. The smallest absolute Gasteiger partial charge is 0.362 e. The van der Waals surface area contributed by atoms with Crippen molar-refractivity contribution in [1.29, 1.82) is 0 Å². The molecule has 36 heavy (non-hydrogen) atoms. The van der Waals surface area contributed by atoms with Crippen LogP contribution in [0, 0.1) is 33.8 Å². The summed E-state index contributed by atoms with van der Waals surface area (Å²) in [6.45, 7) is 7.50. The molecule has 2 saturated heterocycles. The zero-order valence-corrected chi connectivity index (χ0v) is 20.7. The van der Waals surface area contributed by atoms with Crippen LogP contribution in [0.2, 0.25) is 0 Å². The number of benzene rings is 1. The molecule has 4 rings (SSSR count). The molecular formula is C25H30N4O7. The first-order valence-electron chi connectivity index (χ1n) is 12.1. The Morgan fingerprint density at radius 3 is 2.44 bits per heavy atom.